The van der Waals surface area contributed by atoms with Crippen LogP contribution in [0.2, 0.25) is 0 Å². The lowest BCUT2D eigenvalue weighted by molar-refractivity contribution is -0.136. The summed E-state index contributed by atoms with van der Waals surface area (Å²) in [5, 5.41) is 8.61. The van der Waals surface area contributed by atoms with Gasteiger partial charge in [-0.25, -0.2) is 4.98 Å². The zero-order valence-corrected chi connectivity index (χ0v) is 7.01. The van der Waals surface area contributed by atoms with E-state index in [9.17, 15) is 4.79 Å². The molecule has 1 N–H and O–H groups in total. The number of nitrogens with zero attached hydrogens (tertiary/aromatic N) is 2. The van der Waals surface area contributed by atoms with Gasteiger partial charge in [0, 0.05) is 11.9 Å². The Bertz CT molecular complexity index is 317. The van der Waals surface area contributed by atoms with Gasteiger partial charge >= 0.3 is 5.97 Å². The van der Waals surface area contributed by atoms with Gasteiger partial charge in [-0.15, -0.1) is 0 Å². The molecule has 1 aromatic heterocycles. The van der Waals surface area contributed by atoms with Crippen molar-refractivity contribution in [1.82, 2.24) is 9.55 Å². The molecule has 5 nitrogen and oxygen atoms in total. The predicted molar refractivity (Wildman–Crippen MR) is 43.4 cm³/mol. The lowest BCUT2D eigenvalue weighted by Gasteiger charge is -2.28. The summed E-state index contributed by atoms with van der Waals surface area (Å²) in [6.07, 6.45) is 3.27. The first kappa shape index (κ1) is 8.25. The van der Waals surface area contributed by atoms with Gasteiger partial charge in [-0.3, -0.25) is 4.79 Å². The molecule has 5 heteroatoms. The number of hydrogen-bond donors (Lipinski definition) is 1. The van der Waals surface area contributed by atoms with Gasteiger partial charge in [-0.1, -0.05) is 0 Å². The van der Waals surface area contributed by atoms with Crippen LogP contribution in [0, 0.1) is 0 Å². The Morgan fingerprint density at radius 3 is 3.08 bits per heavy atom. The number of rotatable bonds is 3. The second-order valence-electron chi connectivity index (χ2n) is 3.05. The molecule has 0 radical (unpaired) electrons. The maximum atomic E-state index is 10.5. The molecule has 1 aliphatic rings. The third-order valence-electron chi connectivity index (χ3n) is 2.09. The monoisotopic (exact) mass is 182 g/mol. The van der Waals surface area contributed by atoms with Crippen molar-refractivity contribution >= 4 is 5.97 Å². The van der Waals surface area contributed by atoms with Crippen LogP contribution in [0.15, 0.2) is 12.5 Å². The van der Waals surface area contributed by atoms with Crippen molar-refractivity contribution in [2.45, 2.75) is 12.5 Å². The molecule has 1 aliphatic heterocycles. The van der Waals surface area contributed by atoms with Crippen LogP contribution >= 0.6 is 0 Å². The number of ether oxygens (including phenoxy) is 1. The third-order valence-corrected chi connectivity index (χ3v) is 2.09. The topological polar surface area (TPSA) is 64.3 Å². The molecule has 0 amide bonds. The van der Waals surface area contributed by atoms with E-state index in [0.717, 1.165) is 5.69 Å². The lowest BCUT2D eigenvalue weighted by atomic mass is 10.2. The summed E-state index contributed by atoms with van der Waals surface area (Å²) in [7, 11) is 0. The average molecular weight is 182 g/mol. The summed E-state index contributed by atoms with van der Waals surface area (Å²) < 4.78 is 6.90. The summed E-state index contributed by atoms with van der Waals surface area (Å²) in [5.41, 5.74) is 0.737. The number of aliphatic carboxylic acids is 1. The van der Waals surface area contributed by atoms with Crippen molar-refractivity contribution in [3.8, 4) is 0 Å². The Hall–Kier alpha value is -1.36. The maximum absolute atomic E-state index is 10.5. The largest absolute Gasteiger partial charge is 0.481 e. The van der Waals surface area contributed by atoms with Crippen molar-refractivity contribution < 1.29 is 14.6 Å². The van der Waals surface area contributed by atoms with Crippen LogP contribution in [0.3, 0.4) is 0 Å². The number of hydrogen-bond acceptors (Lipinski definition) is 3. The first-order valence-electron chi connectivity index (χ1n) is 4.07. The Balaban J connectivity index is 2.14. The number of carbonyl (C=O) groups is 1. The van der Waals surface area contributed by atoms with Crippen LogP contribution in [-0.4, -0.2) is 33.8 Å². The van der Waals surface area contributed by atoms with Crippen molar-refractivity contribution in [2.24, 2.45) is 0 Å². The zero-order chi connectivity index (χ0) is 9.26. The quantitative estimate of drug-likeness (QED) is 0.719. The highest BCUT2D eigenvalue weighted by molar-refractivity contribution is 5.69. The Labute approximate surface area is 75.0 Å². The minimum atomic E-state index is -0.831. The molecule has 2 rings (SSSR count). The van der Waals surface area contributed by atoms with Gasteiger partial charge in [0.1, 0.15) is 0 Å². The third kappa shape index (κ3) is 1.55. The SMILES string of the molecule is O=C(O)Cc1cncn1C1COC1. The average Bonchev–Trinajstić information content (AvgIpc) is 2.32. The fourth-order valence-electron chi connectivity index (χ4n) is 1.34. The number of imidazole rings is 1. The van der Waals surface area contributed by atoms with Crippen LogP contribution in [0.4, 0.5) is 0 Å². The minimum Gasteiger partial charge on any atom is -0.481 e. The van der Waals surface area contributed by atoms with Gasteiger partial charge < -0.3 is 14.4 Å². The summed E-state index contributed by atoms with van der Waals surface area (Å²) in [5.74, 6) is -0.831. The molecule has 1 fully saturated rings. The normalized spacial score (nSPS) is 16.9. The molecule has 0 aromatic carbocycles. The van der Waals surface area contributed by atoms with Crippen LogP contribution < -0.4 is 0 Å². The van der Waals surface area contributed by atoms with Gasteiger partial charge in [0.25, 0.3) is 0 Å². The molecule has 70 valence electrons. The van der Waals surface area contributed by atoms with Crippen molar-refractivity contribution in [1.29, 1.82) is 0 Å². The highest BCUT2D eigenvalue weighted by Crippen LogP contribution is 2.18. The molecular weight excluding hydrogens is 172 g/mol. The second-order valence-corrected chi connectivity index (χ2v) is 3.05. The fourth-order valence-corrected chi connectivity index (χ4v) is 1.34. The molecule has 13 heavy (non-hydrogen) atoms. The smallest absolute Gasteiger partial charge is 0.309 e. The van der Waals surface area contributed by atoms with E-state index in [-0.39, 0.29) is 12.5 Å². The van der Waals surface area contributed by atoms with Gasteiger partial charge in [-0.05, 0) is 0 Å². The van der Waals surface area contributed by atoms with Crippen LogP contribution in [-0.2, 0) is 16.0 Å². The highest BCUT2D eigenvalue weighted by Gasteiger charge is 2.22. The summed E-state index contributed by atoms with van der Waals surface area (Å²) in [4.78, 5) is 14.4. The molecule has 0 bridgehead atoms. The van der Waals surface area contributed by atoms with Crippen molar-refractivity contribution in [3.05, 3.63) is 18.2 Å². The number of aromatic nitrogens is 2. The molecule has 0 atom stereocenters. The maximum Gasteiger partial charge on any atom is 0.309 e. The van der Waals surface area contributed by atoms with E-state index in [4.69, 9.17) is 9.84 Å². The van der Waals surface area contributed by atoms with E-state index < -0.39 is 5.97 Å². The molecule has 1 saturated heterocycles. The Kier molecular flexibility index (Phi) is 2.02. The van der Waals surface area contributed by atoms with Gasteiger partial charge in [-0.2, -0.15) is 0 Å². The zero-order valence-electron chi connectivity index (χ0n) is 7.01. The van der Waals surface area contributed by atoms with Crippen LogP contribution in [0.25, 0.3) is 0 Å². The molecule has 0 spiro atoms. The van der Waals surface area contributed by atoms with Crippen molar-refractivity contribution in [3.63, 3.8) is 0 Å². The number of carboxylic acids is 1. The molecule has 0 aliphatic carbocycles. The second kappa shape index (κ2) is 3.18. The molecule has 1 aromatic rings. The summed E-state index contributed by atoms with van der Waals surface area (Å²) in [6, 6.07) is 0.275. The minimum absolute atomic E-state index is 0.0243. The molecule has 2 heterocycles. The van der Waals surface area contributed by atoms with E-state index in [1.54, 1.807) is 12.5 Å². The Morgan fingerprint density at radius 2 is 2.54 bits per heavy atom. The summed E-state index contributed by atoms with van der Waals surface area (Å²) in [6.45, 7) is 1.31. The van der Waals surface area contributed by atoms with E-state index in [1.165, 1.54) is 0 Å². The van der Waals surface area contributed by atoms with Crippen molar-refractivity contribution in [2.75, 3.05) is 13.2 Å². The van der Waals surface area contributed by atoms with Gasteiger partial charge in [0.05, 0.1) is 32.0 Å². The first-order valence-corrected chi connectivity index (χ1v) is 4.07. The highest BCUT2D eigenvalue weighted by atomic mass is 16.5. The molecule has 0 unspecified atom stereocenters. The lowest BCUT2D eigenvalue weighted by Crippen LogP contribution is -2.31. The molecular formula is C8H10N2O3. The molecule has 0 saturated carbocycles. The van der Waals surface area contributed by atoms with E-state index in [0.29, 0.717) is 13.2 Å². The van der Waals surface area contributed by atoms with Crippen LogP contribution in [0.5, 0.6) is 0 Å². The van der Waals surface area contributed by atoms with E-state index in [1.807, 2.05) is 4.57 Å². The standard InChI is InChI=1S/C8H10N2O3/c11-8(12)1-6-2-9-5-10(6)7-3-13-4-7/h2,5,7H,1,3-4H2,(H,11,12). The fraction of sp³-hybridized carbons (Fsp3) is 0.500. The first-order chi connectivity index (χ1) is 6.27. The van der Waals surface area contributed by atoms with Gasteiger partial charge in [0.2, 0.25) is 0 Å². The van der Waals surface area contributed by atoms with E-state index in [2.05, 4.69) is 4.98 Å². The van der Waals surface area contributed by atoms with Gasteiger partial charge in [0.15, 0.2) is 0 Å². The Morgan fingerprint density at radius 1 is 1.77 bits per heavy atom. The summed E-state index contributed by atoms with van der Waals surface area (Å²) >= 11 is 0. The van der Waals surface area contributed by atoms with E-state index >= 15 is 0 Å². The number of carboxylic acid groups (broad SMARTS) is 1. The predicted octanol–water partition coefficient (Wildman–Crippen LogP) is 0.0815. The van der Waals surface area contributed by atoms with Crippen LogP contribution in [0.1, 0.15) is 11.7 Å².